The van der Waals surface area contributed by atoms with E-state index in [1.807, 2.05) is 30.0 Å². The van der Waals surface area contributed by atoms with Crippen molar-refractivity contribution >= 4 is 23.4 Å². The molecule has 1 saturated heterocycles. The van der Waals surface area contributed by atoms with Gasteiger partial charge in [-0.05, 0) is 37.5 Å². The molecule has 0 spiro atoms. The summed E-state index contributed by atoms with van der Waals surface area (Å²) < 4.78 is 10.9. The molecule has 0 N–H and O–H groups in total. The van der Waals surface area contributed by atoms with Crippen LogP contribution in [0.3, 0.4) is 0 Å². The van der Waals surface area contributed by atoms with Gasteiger partial charge in [0, 0.05) is 38.2 Å². The lowest BCUT2D eigenvalue weighted by molar-refractivity contribution is -0.132. The van der Waals surface area contributed by atoms with Crippen LogP contribution < -0.4 is 9.47 Å². The molecule has 1 heterocycles. The Morgan fingerprint density at radius 1 is 1.03 bits per heavy atom. The minimum atomic E-state index is -0.126. The topological polar surface area (TPSA) is 59.1 Å². The molecule has 0 bridgehead atoms. The van der Waals surface area contributed by atoms with Gasteiger partial charge in [-0.1, -0.05) is 41.9 Å². The molecule has 2 aromatic carbocycles. The predicted molar refractivity (Wildman–Crippen MR) is 121 cm³/mol. The van der Waals surface area contributed by atoms with E-state index in [2.05, 4.69) is 12.1 Å². The monoisotopic (exact) mass is 444 g/mol. The van der Waals surface area contributed by atoms with Crippen LogP contribution in [-0.4, -0.2) is 61.5 Å². The van der Waals surface area contributed by atoms with Crippen molar-refractivity contribution in [2.24, 2.45) is 0 Å². The van der Waals surface area contributed by atoms with Crippen LogP contribution in [-0.2, 0) is 11.2 Å². The summed E-state index contributed by atoms with van der Waals surface area (Å²) >= 11 is 6.30. The van der Waals surface area contributed by atoms with Crippen LogP contribution in [0.25, 0.3) is 0 Å². The van der Waals surface area contributed by atoms with E-state index >= 15 is 0 Å². The van der Waals surface area contributed by atoms with Crippen molar-refractivity contribution in [3.8, 4) is 11.5 Å². The second kappa shape index (κ2) is 11.0. The summed E-state index contributed by atoms with van der Waals surface area (Å²) in [4.78, 5) is 29.1. The Balaban J connectivity index is 1.52. The quantitative estimate of drug-likeness (QED) is 0.616. The number of benzene rings is 2. The summed E-state index contributed by atoms with van der Waals surface area (Å²) in [6.07, 6.45) is 2.24. The third-order valence-corrected chi connectivity index (χ3v) is 5.66. The molecule has 2 aromatic rings. The number of nitrogens with zero attached hydrogens (tertiary/aromatic N) is 2. The number of carbonyl (C=O) groups excluding carboxylic acids is 2. The van der Waals surface area contributed by atoms with Gasteiger partial charge in [0.2, 0.25) is 5.91 Å². The Kier molecular flexibility index (Phi) is 8.18. The first kappa shape index (κ1) is 22.9. The molecular formula is C24H29ClN2O4. The van der Waals surface area contributed by atoms with E-state index in [0.717, 1.165) is 12.8 Å². The van der Waals surface area contributed by atoms with E-state index in [9.17, 15) is 9.59 Å². The minimum Gasteiger partial charge on any atom is -0.493 e. The third-order valence-electron chi connectivity index (χ3n) is 5.38. The molecule has 0 aromatic heterocycles. The molecule has 0 saturated carbocycles. The van der Waals surface area contributed by atoms with Gasteiger partial charge in [0.1, 0.15) is 0 Å². The zero-order chi connectivity index (χ0) is 22.2. The van der Waals surface area contributed by atoms with Gasteiger partial charge in [-0.25, -0.2) is 0 Å². The molecule has 0 radical (unpaired) electrons. The molecule has 7 heteroatoms. The average molecular weight is 445 g/mol. The number of carbonyl (C=O) groups is 2. The molecule has 6 nitrogen and oxygen atoms in total. The fourth-order valence-corrected chi connectivity index (χ4v) is 3.98. The summed E-state index contributed by atoms with van der Waals surface area (Å²) in [5, 5.41) is 0.344. The molecule has 1 aliphatic rings. The number of amides is 2. The first-order valence-corrected chi connectivity index (χ1v) is 11.0. The number of ether oxygens (including phenoxy) is 2. The Bertz CT molecular complexity index is 896. The lowest BCUT2D eigenvalue weighted by atomic mass is 10.1. The number of rotatable bonds is 8. The summed E-state index contributed by atoms with van der Waals surface area (Å²) in [6, 6.07) is 13.4. The number of hydrogen-bond acceptors (Lipinski definition) is 4. The summed E-state index contributed by atoms with van der Waals surface area (Å²) in [5.74, 6) is 0.896. The van der Waals surface area contributed by atoms with Crippen molar-refractivity contribution in [2.75, 3.05) is 39.9 Å². The highest BCUT2D eigenvalue weighted by Crippen LogP contribution is 2.36. The van der Waals surface area contributed by atoms with Crippen LogP contribution in [0.1, 0.15) is 35.7 Å². The lowest BCUT2D eigenvalue weighted by Gasteiger charge is -2.35. The van der Waals surface area contributed by atoms with E-state index in [4.69, 9.17) is 21.1 Å². The van der Waals surface area contributed by atoms with Crippen LogP contribution in [0, 0.1) is 0 Å². The Labute approximate surface area is 188 Å². The summed E-state index contributed by atoms with van der Waals surface area (Å²) in [6.45, 7) is 4.38. The molecule has 0 atom stereocenters. The number of halogens is 1. The molecular weight excluding hydrogens is 416 g/mol. The molecule has 1 fully saturated rings. The van der Waals surface area contributed by atoms with Crippen molar-refractivity contribution in [1.82, 2.24) is 9.80 Å². The van der Waals surface area contributed by atoms with E-state index < -0.39 is 0 Å². The van der Waals surface area contributed by atoms with Gasteiger partial charge in [0.15, 0.2) is 11.5 Å². The first-order chi connectivity index (χ1) is 15.0. The van der Waals surface area contributed by atoms with Gasteiger partial charge in [0.05, 0.1) is 18.7 Å². The molecule has 31 heavy (non-hydrogen) atoms. The van der Waals surface area contributed by atoms with Gasteiger partial charge in [0.25, 0.3) is 5.91 Å². The number of piperazine rings is 1. The maximum atomic E-state index is 13.0. The summed E-state index contributed by atoms with van der Waals surface area (Å²) in [7, 11) is 1.52. The molecule has 166 valence electrons. The third kappa shape index (κ3) is 5.91. The molecule has 0 unspecified atom stereocenters. The normalized spacial score (nSPS) is 13.8. The van der Waals surface area contributed by atoms with Crippen LogP contribution in [0.2, 0.25) is 5.02 Å². The fraction of sp³-hybridized carbons (Fsp3) is 0.417. The molecule has 2 amide bonds. The predicted octanol–water partition coefficient (Wildman–Crippen LogP) is 4.05. The van der Waals surface area contributed by atoms with Crippen molar-refractivity contribution in [2.45, 2.75) is 26.2 Å². The highest BCUT2D eigenvalue weighted by molar-refractivity contribution is 6.32. The Hall–Kier alpha value is -2.73. The smallest absolute Gasteiger partial charge is 0.254 e. The van der Waals surface area contributed by atoms with Crippen LogP contribution >= 0.6 is 11.6 Å². The SMILES string of the molecule is CCOc1c(Cl)cc(C(=O)N2CCN(C(=O)CCCc3ccccc3)CC2)cc1OC. The Morgan fingerprint density at radius 2 is 1.71 bits per heavy atom. The second-order valence-corrected chi connectivity index (χ2v) is 7.84. The van der Waals surface area contributed by atoms with Gasteiger partial charge in [-0.3, -0.25) is 9.59 Å². The maximum Gasteiger partial charge on any atom is 0.254 e. The number of methoxy groups -OCH3 is 1. The fourth-order valence-electron chi connectivity index (χ4n) is 3.72. The van der Waals surface area contributed by atoms with Crippen LogP contribution in [0.5, 0.6) is 11.5 Å². The van der Waals surface area contributed by atoms with E-state index in [0.29, 0.717) is 61.3 Å². The number of hydrogen-bond donors (Lipinski definition) is 0. The zero-order valence-corrected chi connectivity index (χ0v) is 18.9. The van der Waals surface area contributed by atoms with Crippen LogP contribution in [0.15, 0.2) is 42.5 Å². The zero-order valence-electron chi connectivity index (χ0n) is 18.1. The highest BCUT2D eigenvalue weighted by atomic mass is 35.5. The van der Waals surface area contributed by atoms with Gasteiger partial charge in [-0.15, -0.1) is 0 Å². The molecule has 0 aliphatic carbocycles. The van der Waals surface area contributed by atoms with Crippen molar-refractivity contribution in [3.05, 3.63) is 58.6 Å². The molecule has 3 rings (SSSR count). The van der Waals surface area contributed by atoms with Crippen molar-refractivity contribution < 1.29 is 19.1 Å². The van der Waals surface area contributed by atoms with Crippen molar-refractivity contribution in [1.29, 1.82) is 0 Å². The van der Waals surface area contributed by atoms with Gasteiger partial charge >= 0.3 is 0 Å². The average Bonchev–Trinajstić information content (AvgIpc) is 2.80. The number of aryl methyl sites for hydroxylation is 1. The second-order valence-electron chi connectivity index (χ2n) is 7.43. The highest BCUT2D eigenvalue weighted by Gasteiger charge is 2.26. The largest absolute Gasteiger partial charge is 0.493 e. The molecule has 1 aliphatic heterocycles. The summed E-state index contributed by atoms with van der Waals surface area (Å²) in [5.41, 5.74) is 1.70. The Morgan fingerprint density at radius 3 is 2.35 bits per heavy atom. The van der Waals surface area contributed by atoms with Crippen LogP contribution in [0.4, 0.5) is 0 Å². The van der Waals surface area contributed by atoms with Gasteiger partial charge in [-0.2, -0.15) is 0 Å². The van der Waals surface area contributed by atoms with Gasteiger partial charge < -0.3 is 19.3 Å². The van der Waals surface area contributed by atoms with E-state index in [1.54, 1.807) is 17.0 Å². The van der Waals surface area contributed by atoms with E-state index in [-0.39, 0.29) is 11.8 Å². The maximum absolute atomic E-state index is 13.0. The standard InChI is InChI=1S/C24H29ClN2O4/c1-3-31-23-20(25)16-19(17-21(23)30-2)24(29)27-14-12-26(13-15-27)22(28)11-7-10-18-8-5-4-6-9-18/h4-6,8-9,16-17H,3,7,10-15H2,1-2H3. The minimum absolute atomic E-state index is 0.126. The van der Waals surface area contributed by atoms with E-state index in [1.165, 1.54) is 12.7 Å². The first-order valence-electron chi connectivity index (χ1n) is 10.6. The van der Waals surface area contributed by atoms with Crippen molar-refractivity contribution in [3.63, 3.8) is 0 Å². The lowest BCUT2D eigenvalue weighted by Crippen LogP contribution is -2.50.